The first-order valence-corrected chi connectivity index (χ1v) is 7.43. The quantitative estimate of drug-likeness (QED) is 0.876. The highest BCUT2D eigenvalue weighted by Crippen LogP contribution is 2.37. The van der Waals surface area contributed by atoms with Gasteiger partial charge in [0.1, 0.15) is 0 Å². The van der Waals surface area contributed by atoms with Crippen molar-refractivity contribution in [1.82, 2.24) is 4.98 Å². The van der Waals surface area contributed by atoms with E-state index in [0.717, 1.165) is 17.2 Å². The SMILES string of the molecule is CNc1nc(-c2ccc(C)cc2)c(C(C)CCN)s1. The van der Waals surface area contributed by atoms with Crippen molar-refractivity contribution < 1.29 is 0 Å². The van der Waals surface area contributed by atoms with Crippen molar-refractivity contribution >= 4 is 16.5 Å². The number of hydrogen-bond acceptors (Lipinski definition) is 4. The summed E-state index contributed by atoms with van der Waals surface area (Å²) < 4.78 is 0. The van der Waals surface area contributed by atoms with Crippen LogP contribution in [-0.2, 0) is 0 Å². The predicted molar refractivity (Wildman–Crippen MR) is 83.9 cm³/mol. The van der Waals surface area contributed by atoms with Gasteiger partial charge in [-0.05, 0) is 25.8 Å². The van der Waals surface area contributed by atoms with Crippen LogP contribution in [0.5, 0.6) is 0 Å². The van der Waals surface area contributed by atoms with Crippen molar-refractivity contribution in [2.24, 2.45) is 5.73 Å². The maximum atomic E-state index is 5.68. The Hall–Kier alpha value is -1.39. The number of nitrogens with two attached hydrogens (primary N) is 1. The Bertz CT molecular complexity index is 531. The van der Waals surface area contributed by atoms with Gasteiger partial charge in [0.2, 0.25) is 0 Å². The van der Waals surface area contributed by atoms with Gasteiger partial charge >= 0.3 is 0 Å². The number of thiazole rings is 1. The molecule has 0 aliphatic rings. The Labute approximate surface area is 118 Å². The maximum Gasteiger partial charge on any atom is 0.183 e. The Kier molecular flexibility index (Phi) is 4.56. The highest BCUT2D eigenvalue weighted by Gasteiger charge is 2.17. The molecular weight excluding hydrogens is 254 g/mol. The second kappa shape index (κ2) is 6.17. The second-order valence-corrected chi connectivity index (χ2v) is 5.86. The molecular formula is C15H21N3S. The lowest BCUT2D eigenvalue weighted by atomic mass is 10.0. The van der Waals surface area contributed by atoms with Crippen LogP contribution in [0.4, 0.5) is 5.13 Å². The number of anilines is 1. The minimum Gasteiger partial charge on any atom is -0.365 e. The maximum absolute atomic E-state index is 5.68. The molecule has 0 aliphatic heterocycles. The molecule has 3 nitrogen and oxygen atoms in total. The molecule has 0 fully saturated rings. The molecule has 3 N–H and O–H groups in total. The fraction of sp³-hybridized carbons (Fsp3) is 0.400. The number of nitrogens with zero attached hydrogens (tertiary/aromatic N) is 1. The molecule has 1 unspecified atom stereocenters. The van der Waals surface area contributed by atoms with Crippen LogP contribution < -0.4 is 11.1 Å². The fourth-order valence-corrected chi connectivity index (χ4v) is 3.10. The first kappa shape index (κ1) is 14.0. The van der Waals surface area contributed by atoms with Gasteiger partial charge in [0.05, 0.1) is 5.69 Å². The van der Waals surface area contributed by atoms with E-state index in [4.69, 9.17) is 10.7 Å². The normalized spacial score (nSPS) is 12.4. The lowest BCUT2D eigenvalue weighted by molar-refractivity contribution is 0.701. The number of hydrogen-bond donors (Lipinski definition) is 2. The van der Waals surface area contributed by atoms with Crippen molar-refractivity contribution in [1.29, 1.82) is 0 Å². The van der Waals surface area contributed by atoms with E-state index in [1.807, 2.05) is 7.05 Å². The van der Waals surface area contributed by atoms with Gasteiger partial charge in [0.15, 0.2) is 5.13 Å². The van der Waals surface area contributed by atoms with Crippen LogP contribution in [-0.4, -0.2) is 18.6 Å². The number of benzene rings is 1. The van der Waals surface area contributed by atoms with Crippen molar-refractivity contribution in [3.63, 3.8) is 0 Å². The molecule has 1 heterocycles. The van der Waals surface area contributed by atoms with E-state index in [1.165, 1.54) is 16.0 Å². The average molecular weight is 275 g/mol. The van der Waals surface area contributed by atoms with E-state index >= 15 is 0 Å². The summed E-state index contributed by atoms with van der Waals surface area (Å²) in [5.41, 5.74) is 9.23. The van der Waals surface area contributed by atoms with Crippen molar-refractivity contribution in [2.45, 2.75) is 26.2 Å². The highest BCUT2D eigenvalue weighted by molar-refractivity contribution is 7.16. The molecule has 0 saturated heterocycles. The number of aromatic nitrogens is 1. The van der Waals surface area contributed by atoms with Gasteiger partial charge in [-0.25, -0.2) is 4.98 Å². The minimum atomic E-state index is 0.445. The summed E-state index contributed by atoms with van der Waals surface area (Å²) in [7, 11) is 1.91. The van der Waals surface area contributed by atoms with E-state index in [0.29, 0.717) is 12.5 Å². The zero-order valence-electron chi connectivity index (χ0n) is 11.7. The summed E-state index contributed by atoms with van der Waals surface area (Å²) in [6.45, 7) is 5.03. The first-order chi connectivity index (χ1) is 9.15. The van der Waals surface area contributed by atoms with Crippen LogP contribution in [0.25, 0.3) is 11.3 Å². The van der Waals surface area contributed by atoms with Gasteiger partial charge in [-0.1, -0.05) is 36.8 Å². The summed E-state index contributed by atoms with van der Waals surface area (Å²) in [6, 6.07) is 8.54. The molecule has 1 aromatic heterocycles. The largest absolute Gasteiger partial charge is 0.365 e. The number of nitrogens with one attached hydrogen (secondary N) is 1. The molecule has 0 bridgehead atoms. The smallest absolute Gasteiger partial charge is 0.183 e. The van der Waals surface area contributed by atoms with Crippen LogP contribution in [0.3, 0.4) is 0 Å². The molecule has 1 atom stereocenters. The third-order valence-electron chi connectivity index (χ3n) is 3.24. The molecule has 1 aromatic carbocycles. The lowest BCUT2D eigenvalue weighted by Crippen LogP contribution is -2.04. The Morgan fingerprint density at radius 2 is 2.00 bits per heavy atom. The molecule has 4 heteroatoms. The standard InChI is InChI=1S/C15H21N3S/c1-10-4-6-12(7-5-10)13-14(11(2)8-9-16)19-15(17-3)18-13/h4-7,11H,8-9,16H2,1-3H3,(H,17,18). The summed E-state index contributed by atoms with van der Waals surface area (Å²) in [5, 5.41) is 4.11. The number of aryl methyl sites for hydroxylation is 1. The molecule has 102 valence electrons. The second-order valence-electron chi connectivity index (χ2n) is 4.83. The van der Waals surface area contributed by atoms with E-state index in [2.05, 4.69) is 43.4 Å². The van der Waals surface area contributed by atoms with Crippen LogP contribution in [0.2, 0.25) is 0 Å². The zero-order chi connectivity index (χ0) is 13.8. The summed E-state index contributed by atoms with van der Waals surface area (Å²) >= 11 is 1.73. The molecule has 2 rings (SSSR count). The van der Waals surface area contributed by atoms with E-state index in [-0.39, 0.29) is 0 Å². The van der Waals surface area contributed by atoms with Crippen LogP contribution in [0.1, 0.15) is 29.7 Å². The average Bonchev–Trinajstić information content (AvgIpc) is 2.84. The fourth-order valence-electron chi connectivity index (χ4n) is 2.07. The van der Waals surface area contributed by atoms with Crippen LogP contribution in [0, 0.1) is 6.92 Å². The third-order valence-corrected chi connectivity index (χ3v) is 4.54. The van der Waals surface area contributed by atoms with Gasteiger partial charge in [0, 0.05) is 17.5 Å². The number of rotatable bonds is 5. The van der Waals surface area contributed by atoms with Crippen molar-refractivity contribution in [3.05, 3.63) is 34.7 Å². The molecule has 19 heavy (non-hydrogen) atoms. The Morgan fingerprint density at radius 3 is 2.58 bits per heavy atom. The topological polar surface area (TPSA) is 50.9 Å². The van der Waals surface area contributed by atoms with Gasteiger partial charge in [-0.3, -0.25) is 0 Å². The zero-order valence-corrected chi connectivity index (χ0v) is 12.6. The molecule has 0 radical (unpaired) electrons. The minimum absolute atomic E-state index is 0.445. The Balaban J connectivity index is 2.42. The van der Waals surface area contributed by atoms with Crippen LogP contribution >= 0.6 is 11.3 Å². The Morgan fingerprint density at radius 1 is 1.32 bits per heavy atom. The first-order valence-electron chi connectivity index (χ1n) is 6.61. The van der Waals surface area contributed by atoms with Gasteiger partial charge in [-0.2, -0.15) is 0 Å². The third kappa shape index (κ3) is 3.14. The van der Waals surface area contributed by atoms with E-state index in [1.54, 1.807) is 11.3 Å². The predicted octanol–water partition coefficient (Wildman–Crippen LogP) is 3.61. The van der Waals surface area contributed by atoms with Gasteiger partial charge < -0.3 is 11.1 Å². The molecule has 2 aromatic rings. The van der Waals surface area contributed by atoms with Crippen molar-refractivity contribution in [3.8, 4) is 11.3 Å². The highest BCUT2D eigenvalue weighted by atomic mass is 32.1. The van der Waals surface area contributed by atoms with Gasteiger partial charge in [0.25, 0.3) is 0 Å². The molecule has 0 aliphatic carbocycles. The summed E-state index contributed by atoms with van der Waals surface area (Å²) in [4.78, 5) is 6.02. The molecule has 0 spiro atoms. The summed E-state index contributed by atoms with van der Waals surface area (Å²) in [5.74, 6) is 0.445. The molecule has 0 saturated carbocycles. The monoisotopic (exact) mass is 275 g/mol. The summed E-state index contributed by atoms with van der Waals surface area (Å²) in [6.07, 6.45) is 0.990. The van der Waals surface area contributed by atoms with E-state index < -0.39 is 0 Å². The van der Waals surface area contributed by atoms with Gasteiger partial charge in [-0.15, -0.1) is 11.3 Å². The molecule has 0 amide bonds. The van der Waals surface area contributed by atoms with Crippen molar-refractivity contribution in [2.75, 3.05) is 18.9 Å². The van der Waals surface area contributed by atoms with E-state index in [9.17, 15) is 0 Å². The lowest BCUT2D eigenvalue weighted by Gasteiger charge is -2.10. The van der Waals surface area contributed by atoms with Crippen LogP contribution in [0.15, 0.2) is 24.3 Å².